The van der Waals surface area contributed by atoms with Crippen molar-refractivity contribution in [2.24, 2.45) is 5.73 Å². The molecular formula is C15H19N3O. The molecule has 0 aliphatic carbocycles. The quantitative estimate of drug-likeness (QED) is 0.913. The molecule has 1 aromatic carbocycles. The van der Waals surface area contributed by atoms with Crippen LogP contribution in [0.5, 0.6) is 0 Å². The summed E-state index contributed by atoms with van der Waals surface area (Å²) >= 11 is 0. The van der Waals surface area contributed by atoms with Crippen molar-refractivity contribution < 1.29 is 4.42 Å². The Morgan fingerprint density at radius 1 is 1.32 bits per heavy atom. The van der Waals surface area contributed by atoms with Crippen LogP contribution in [0.1, 0.15) is 18.5 Å². The van der Waals surface area contributed by atoms with E-state index in [4.69, 9.17) is 10.2 Å². The van der Waals surface area contributed by atoms with Gasteiger partial charge in [0, 0.05) is 24.7 Å². The van der Waals surface area contributed by atoms with Crippen molar-refractivity contribution in [2.75, 3.05) is 13.1 Å². The molecule has 0 radical (unpaired) electrons. The van der Waals surface area contributed by atoms with Crippen LogP contribution < -0.4 is 5.73 Å². The van der Waals surface area contributed by atoms with Crippen LogP contribution >= 0.6 is 0 Å². The van der Waals surface area contributed by atoms with Crippen LogP contribution in [-0.2, 0) is 6.54 Å². The van der Waals surface area contributed by atoms with Crippen molar-refractivity contribution in [3.63, 3.8) is 0 Å². The summed E-state index contributed by atoms with van der Waals surface area (Å²) in [6.07, 6.45) is 4.18. The normalized spacial score (nSPS) is 19.9. The van der Waals surface area contributed by atoms with Crippen LogP contribution in [0.4, 0.5) is 0 Å². The topological polar surface area (TPSA) is 55.3 Å². The number of rotatable bonds is 4. The average Bonchev–Trinajstić information content (AvgIpc) is 3.09. The van der Waals surface area contributed by atoms with E-state index in [1.165, 1.54) is 12.8 Å². The number of nitrogens with two attached hydrogens (primary N) is 1. The zero-order valence-electron chi connectivity index (χ0n) is 11.0. The minimum Gasteiger partial charge on any atom is -0.444 e. The van der Waals surface area contributed by atoms with Gasteiger partial charge in [0.15, 0.2) is 0 Å². The van der Waals surface area contributed by atoms with Gasteiger partial charge >= 0.3 is 0 Å². The Bertz CT molecular complexity index is 523. The van der Waals surface area contributed by atoms with Crippen molar-refractivity contribution in [1.29, 1.82) is 0 Å². The molecule has 3 rings (SSSR count). The Morgan fingerprint density at radius 2 is 2.16 bits per heavy atom. The number of nitrogens with zero attached hydrogens (tertiary/aromatic N) is 2. The van der Waals surface area contributed by atoms with Gasteiger partial charge in [-0.3, -0.25) is 4.90 Å². The molecule has 1 aliphatic heterocycles. The van der Waals surface area contributed by atoms with Gasteiger partial charge in [0.05, 0.1) is 5.69 Å². The summed E-state index contributed by atoms with van der Waals surface area (Å²) in [6, 6.07) is 10.5. The van der Waals surface area contributed by atoms with E-state index in [0.29, 0.717) is 11.9 Å². The van der Waals surface area contributed by atoms with Gasteiger partial charge in [-0.2, -0.15) is 0 Å². The summed E-state index contributed by atoms with van der Waals surface area (Å²) < 4.78 is 5.56. The first-order valence-electron chi connectivity index (χ1n) is 6.81. The van der Waals surface area contributed by atoms with Gasteiger partial charge in [-0.1, -0.05) is 18.2 Å². The molecule has 0 bridgehead atoms. The van der Waals surface area contributed by atoms with Crippen molar-refractivity contribution >= 4 is 0 Å². The number of likely N-dealkylation sites (tertiary alicyclic amines) is 1. The third-order valence-corrected chi connectivity index (χ3v) is 3.71. The van der Waals surface area contributed by atoms with Crippen LogP contribution in [0.2, 0.25) is 0 Å². The van der Waals surface area contributed by atoms with E-state index in [1.54, 1.807) is 6.26 Å². The molecule has 2 N–H and O–H groups in total. The molecule has 1 aromatic heterocycles. The largest absolute Gasteiger partial charge is 0.444 e. The third kappa shape index (κ3) is 2.69. The van der Waals surface area contributed by atoms with Crippen LogP contribution in [0.3, 0.4) is 0 Å². The minimum absolute atomic E-state index is 0.497. The van der Waals surface area contributed by atoms with E-state index >= 15 is 0 Å². The molecule has 19 heavy (non-hydrogen) atoms. The monoisotopic (exact) mass is 257 g/mol. The van der Waals surface area contributed by atoms with Gasteiger partial charge in [0.25, 0.3) is 0 Å². The van der Waals surface area contributed by atoms with E-state index in [2.05, 4.69) is 9.88 Å². The number of hydrogen-bond donors (Lipinski definition) is 1. The predicted molar refractivity (Wildman–Crippen MR) is 74.4 cm³/mol. The molecule has 2 heterocycles. The fourth-order valence-electron chi connectivity index (χ4n) is 2.67. The number of aromatic nitrogens is 1. The summed E-state index contributed by atoms with van der Waals surface area (Å²) in [5, 5.41) is 0. The van der Waals surface area contributed by atoms with Crippen molar-refractivity contribution in [2.45, 2.75) is 25.4 Å². The highest BCUT2D eigenvalue weighted by Crippen LogP contribution is 2.22. The molecule has 4 heteroatoms. The lowest BCUT2D eigenvalue weighted by molar-refractivity contribution is 0.247. The number of oxazole rings is 1. The van der Waals surface area contributed by atoms with E-state index < -0.39 is 0 Å². The van der Waals surface area contributed by atoms with Crippen LogP contribution in [0.25, 0.3) is 11.5 Å². The lowest BCUT2D eigenvalue weighted by atomic mass is 10.2. The molecule has 0 amide bonds. The molecule has 0 saturated carbocycles. The second kappa shape index (κ2) is 5.55. The predicted octanol–water partition coefficient (Wildman–Crippen LogP) is 2.26. The third-order valence-electron chi connectivity index (χ3n) is 3.71. The Balaban J connectivity index is 1.72. The SMILES string of the molecule is NCC1CCCN1Cc1coc(-c2ccccc2)n1. The van der Waals surface area contributed by atoms with Gasteiger partial charge in [-0.15, -0.1) is 0 Å². The fourth-order valence-corrected chi connectivity index (χ4v) is 2.67. The second-order valence-corrected chi connectivity index (χ2v) is 5.01. The van der Waals surface area contributed by atoms with Gasteiger partial charge in [-0.25, -0.2) is 4.98 Å². The Hall–Kier alpha value is -1.65. The van der Waals surface area contributed by atoms with E-state index in [1.807, 2.05) is 30.3 Å². The molecule has 1 aliphatic rings. The summed E-state index contributed by atoms with van der Waals surface area (Å²) in [5.74, 6) is 0.694. The lowest BCUT2D eigenvalue weighted by Crippen LogP contribution is -2.34. The Labute approximate surface area is 113 Å². The molecular weight excluding hydrogens is 238 g/mol. The summed E-state index contributed by atoms with van der Waals surface area (Å²) in [5.41, 5.74) is 7.79. The summed E-state index contributed by atoms with van der Waals surface area (Å²) in [7, 11) is 0. The highest BCUT2D eigenvalue weighted by molar-refractivity contribution is 5.52. The molecule has 1 atom stereocenters. The molecule has 4 nitrogen and oxygen atoms in total. The Kier molecular flexibility index (Phi) is 3.62. The Morgan fingerprint density at radius 3 is 2.95 bits per heavy atom. The fraction of sp³-hybridized carbons (Fsp3) is 0.400. The van der Waals surface area contributed by atoms with E-state index in [-0.39, 0.29) is 0 Å². The number of hydrogen-bond acceptors (Lipinski definition) is 4. The highest BCUT2D eigenvalue weighted by atomic mass is 16.3. The molecule has 2 aromatic rings. The summed E-state index contributed by atoms with van der Waals surface area (Å²) in [4.78, 5) is 6.96. The van der Waals surface area contributed by atoms with Gasteiger partial charge in [0.1, 0.15) is 6.26 Å². The van der Waals surface area contributed by atoms with E-state index in [9.17, 15) is 0 Å². The van der Waals surface area contributed by atoms with Crippen LogP contribution in [-0.4, -0.2) is 29.0 Å². The first-order chi connectivity index (χ1) is 9.36. The van der Waals surface area contributed by atoms with Gasteiger partial charge in [-0.05, 0) is 31.5 Å². The average molecular weight is 257 g/mol. The zero-order valence-corrected chi connectivity index (χ0v) is 11.0. The minimum atomic E-state index is 0.497. The first kappa shape index (κ1) is 12.4. The van der Waals surface area contributed by atoms with Crippen molar-refractivity contribution in [1.82, 2.24) is 9.88 Å². The smallest absolute Gasteiger partial charge is 0.226 e. The summed E-state index contributed by atoms with van der Waals surface area (Å²) in [6.45, 7) is 2.66. The number of benzene rings is 1. The maximum Gasteiger partial charge on any atom is 0.226 e. The standard InChI is InChI=1S/C15H19N3O/c16-9-14-7-4-8-18(14)10-13-11-19-15(17-13)12-5-2-1-3-6-12/h1-3,5-6,11,14H,4,7-10,16H2. The van der Waals surface area contributed by atoms with Crippen LogP contribution in [0, 0.1) is 0 Å². The van der Waals surface area contributed by atoms with Crippen molar-refractivity contribution in [3.05, 3.63) is 42.3 Å². The lowest BCUT2D eigenvalue weighted by Gasteiger charge is -2.21. The van der Waals surface area contributed by atoms with Crippen LogP contribution in [0.15, 0.2) is 41.0 Å². The zero-order chi connectivity index (χ0) is 13.1. The second-order valence-electron chi connectivity index (χ2n) is 5.01. The van der Waals surface area contributed by atoms with Crippen molar-refractivity contribution in [3.8, 4) is 11.5 Å². The first-order valence-corrected chi connectivity index (χ1v) is 6.81. The van der Waals surface area contributed by atoms with E-state index in [0.717, 1.165) is 30.9 Å². The van der Waals surface area contributed by atoms with Gasteiger partial charge in [0.2, 0.25) is 5.89 Å². The highest BCUT2D eigenvalue weighted by Gasteiger charge is 2.24. The van der Waals surface area contributed by atoms with Gasteiger partial charge < -0.3 is 10.2 Å². The molecule has 0 spiro atoms. The molecule has 100 valence electrons. The maximum absolute atomic E-state index is 5.79. The molecule has 1 fully saturated rings. The molecule has 1 unspecified atom stereocenters. The maximum atomic E-state index is 5.79. The molecule has 1 saturated heterocycles.